The maximum Gasteiger partial charge on any atom is 0.225 e. The van der Waals surface area contributed by atoms with Gasteiger partial charge in [0, 0.05) is 30.7 Å². The van der Waals surface area contributed by atoms with E-state index in [4.69, 9.17) is 9.47 Å². The molecule has 1 unspecified atom stereocenters. The second kappa shape index (κ2) is 9.18. The molecule has 0 aliphatic carbocycles. The number of rotatable bonds is 5. The van der Waals surface area contributed by atoms with Crippen LogP contribution in [-0.2, 0) is 16.0 Å². The van der Waals surface area contributed by atoms with Crippen LogP contribution < -0.4 is 9.64 Å². The first kappa shape index (κ1) is 20.2. The van der Waals surface area contributed by atoms with Crippen LogP contribution in [0.25, 0.3) is 0 Å². The average Bonchev–Trinajstić information content (AvgIpc) is 2.74. The lowest BCUT2D eigenvalue weighted by Crippen LogP contribution is -2.49. The minimum Gasteiger partial charge on any atom is -0.492 e. The van der Waals surface area contributed by atoms with Crippen LogP contribution in [0.4, 0.5) is 5.69 Å². The second-order valence-corrected chi connectivity index (χ2v) is 8.34. The lowest BCUT2D eigenvalue weighted by atomic mass is 9.95. The number of nitrogens with zero attached hydrogens (tertiary/aromatic N) is 2. The largest absolute Gasteiger partial charge is 0.492 e. The number of hydrogen-bond donors (Lipinski definition) is 0. The lowest BCUT2D eigenvalue weighted by molar-refractivity contribution is -0.135. The standard InChI is InChI=1S/C23H27BrN2O3/c1-2-28-21-6-4-3-5-20(21)25-10-12-26(13-11-25)23(27)16-22-19-8-7-18(24)15-17(19)9-14-29-22/h3-8,15,22H,2,9-14,16H2,1H3. The van der Waals surface area contributed by atoms with Gasteiger partial charge in [-0.25, -0.2) is 0 Å². The van der Waals surface area contributed by atoms with Gasteiger partial charge in [-0.05, 0) is 48.7 Å². The highest BCUT2D eigenvalue weighted by Crippen LogP contribution is 2.33. The molecule has 2 aromatic rings. The van der Waals surface area contributed by atoms with E-state index in [1.54, 1.807) is 0 Å². The first-order valence-corrected chi connectivity index (χ1v) is 11.1. The minimum atomic E-state index is -0.143. The highest BCUT2D eigenvalue weighted by Gasteiger charge is 2.28. The summed E-state index contributed by atoms with van der Waals surface area (Å²) >= 11 is 3.53. The van der Waals surface area contributed by atoms with Crippen molar-refractivity contribution in [3.63, 3.8) is 0 Å². The van der Waals surface area contributed by atoms with E-state index in [0.717, 1.165) is 54.1 Å². The van der Waals surface area contributed by atoms with Gasteiger partial charge in [-0.1, -0.05) is 34.1 Å². The number of ether oxygens (including phenoxy) is 2. The summed E-state index contributed by atoms with van der Waals surface area (Å²) in [6.07, 6.45) is 1.16. The summed E-state index contributed by atoms with van der Waals surface area (Å²) in [6, 6.07) is 14.4. The molecule has 0 bridgehead atoms. The second-order valence-electron chi connectivity index (χ2n) is 7.43. The highest BCUT2D eigenvalue weighted by molar-refractivity contribution is 9.10. The van der Waals surface area contributed by atoms with Crippen molar-refractivity contribution in [2.24, 2.45) is 0 Å². The fourth-order valence-electron chi connectivity index (χ4n) is 4.16. The average molecular weight is 459 g/mol. The number of carbonyl (C=O) groups is 1. The molecule has 1 saturated heterocycles. The van der Waals surface area contributed by atoms with Crippen LogP contribution >= 0.6 is 15.9 Å². The molecule has 1 amide bonds. The number of piperazine rings is 1. The van der Waals surface area contributed by atoms with E-state index in [-0.39, 0.29) is 12.0 Å². The molecule has 0 spiro atoms. The van der Waals surface area contributed by atoms with Crippen LogP contribution in [0, 0.1) is 0 Å². The first-order valence-electron chi connectivity index (χ1n) is 10.3. The van der Waals surface area contributed by atoms with Gasteiger partial charge in [0.15, 0.2) is 0 Å². The van der Waals surface area contributed by atoms with Gasteiger partial charge in [0.05, 0.1) is 31.4 Å². The van der Waals surface area contributed by atoms with Crippen molar-refractivity contribution in [1.82, 2.24) is 4.90 Å². The SMILES string of the molecule is CCOc1ccccc1N1CCN(C(=O)CC2OCCc3cc(Br)ccc32)CC1. The number of hydrogen-bond acceptors (Lipinski definition) is 4. The molecular weight excluding hydrogens is 432 g/mol. The maximum atomic E-state index is 12.9. The van der Waals surface area contributed by atoms with Crippen molar-refractivity contribution in [2.45, 2.75) is 25.9 Å². The zero-order chi connectivity index (χ0) is 20.2. The molecule has 2 aliphatic heterocycles. The van der Waals surface area contributed by atoms with Gasteiger partial charge >= 0.3 is 0 Å². The predicted molar refractivity (Wildman–Crippen MR) is 118 cm³/mol. The predicted octanol–water partition coefficient (Wildman–Crippen LogP) is 4.20. The fourth-order valence-corrected chi connectivity index (χ4v) is 4.56. The third-order valence-electron chi connectivity index (χ3n) is 5.64. The Morgan fingerprint density at radius 1 is 1.17 bits per heavy atom. The van der Waals surface area contributed by atoms with E-state index in [1.807, 2.05) is 36.1 Å². The van der Waals surface area contributed by atoms with E-state index in [2.05, 4.69) is 39.0 Å². The molecule has 1 fully saturated rings. The Hall–Kier alpha value is -2.05. The quantitative estimate of drug-likeness (QED) is 0.672. The van der Waals surface area contributed by atoms with Crippen LogP contribution in [0.3, 0.4) is 0 Å². The molecule has 2 aliphatic rings. The van der Waals surface area contributed by atoms with Crippen molar-refractivity contribution >= 4 is 27.5 Å². The first-order chi connectivity index (χ1) is 14.2. The zero-order valence-corrected chi connectivity index (χ0v) is 18.4. The van der Waals surface area contributed by atoms with Crippen LogP contribution in [0.2, 0.25) is 0 Å². The smallest absolute Gasteiger partial charge is 0.225 e. The van der Waals surface area contributed by atoms with Gasteiger partial charge < -0.3 is 19.3 Å². The third kappa shape index (κ3) is 4.59. The van der Waals surface area contributed by atoms with Gasteiger partial charge in [-0.15, -0.1) is 0 Å². The molecule has 2 heterocycles. The van der Waals surface area contributed by atoms with Crippen molar-refractivity contribution < 1.29 is 14.3 Å². The Labute approximate surface area is 180 Å². The highest BCUT2D eigenvalue weighted by atomic mass is 79.9. The molecule has 0 saturated carbocycles. The number of fused-ring (bicyclic) bond motifs is 1. The molecular formula is C23H27BrN2O3. The Morgan fingerprint density at radius 2 is 1.97 bits per heavy atom. The number of para-hydroxylation sites is 2. The summed E-state index contributed by atoms with van der Waals surface area (Å²) in [6.45, 7) is 6.38. The van der Waals surface area contributed by atoms with E-state index < -0.39 is 0 Å². The Bertz CT molecular complexity index is 865. The Balaban J connectivity index is 1.37. The van der Waals surface area contributed by atoms with Crippen molar-refractivity contribution in [3.8, 4) is 5.75 Å². The van der Waals surface area contributed by atoms with Gasteiger partial charge in [-0.3, -0.25) is 4.79 Å². The van der Waals surface area contributed by atoms with Crippen LogP contribution in [0.1, 0.15) is 30.6 Å². The number of benzene rings is 2. The molecule has 2 aromatic carbocycles. The number of amides is 1. The fraction of sp³-hybridized carbons (Fsp3) is 0.435. The number of halogens is 1. The molecule has 4 rings (SSSR count). The normalized spacial score (nSPS) is 19.0. The molecule has 29 heavy (non-hydrogen) atoms. The summed E-state index contributed by atoms with van der Waals surface area (Å²) in [5, 5.41) is 0. The molecule has 0 N–H and O–H groups in total. The molecule has 6 heteroatoms. The maximum absolute atomic E-state index is 12.9. The van der Waals surface area contributed by atoms with Crippen molar-refractivity contribution in [2.75, 3.05) is 44.3 Å². The minimum absolute atomic E-state index is 0.143. The van der Waals surface area contributed by atoms with E-state index >= 15 is 0 Å². The van der Waals surface area contributed by atoms with Gasteiger partial charge in [0.25, 0.3) is 0 Å². The summed E-state index contributed by atoms with van der Waals surface area (Å²) < 4.78 is 12.8. The van der Waals surface area contributed by atoms with E-state index in [0.29, 0.717) is 19.6 Å². The topological polar surface area (TPSA) is 42.0 Å². The summed E-state index contributed by atoms with van der Waals surface area (Å²) in [7, 11) is 0. The van der Waals surface area contributed by atoms with Crippen LogP contribution in [0.15, 0.2) is 46.9 Å². The van der Waals surface area contributed by atoms with Crippen molar-refractivity contribution in [3.05, 3.63) is 58.1 Å². The van der Waals surface area contributed by atoms with Gasteiger partial charge in [0.2, 0.25) is 5.91 Å². The van der Waals surface area contributed by atoms with Gasteiger partial charge in [0.1, 0.15) is 5.75 Å². The van der Waals surface area contributed by atoms with Crippen molar-refractivity contribution in [1.29, 1.82) is 0 Å². The Kier molecular flexibility index (Phi) is 6.40. The molecule has 0 aromatic heterocycles. The van der Waals surface area contributed by atoms with E-state index in [9.17, 15) is 4.79 Å². The zero-order valence-electron chi connectivity index (χ0n) is 16.8. The van der Waals surface area contributed by atoms with Crippen LogP contribution in [0.5, 0.6) is 5.75 Å². The molecule has 0 radical (unpaired) electrons. The summed E-state index contributed by atoms with van der Waals surface area (Å²) in [5.74, 6) is 1.08. The number of anilines is 1. The Morgan fingerprint density at radius 3 is 2.76 bits per heavy atom. The number of carbonyl (C=O) groups excluding carboxylic acids is 1. The lowest BCUT2D eigenvalue weighted by Gasteiger charge is -2.37. The monoisotopic (exact) mass is 458 g/mol. The molecule has 154 valence electrons. The summed E-state index contributed by atoms with van der Waals surface area (Å²) in [4.78, 5) is 17.2. The summed E-state index contributed by atoms with van der Waals surface area (Å²) in [5.41, 5.74) is 3.54. The van der Waals surface area contributed by atoms with Gasteiger partial charge in [-0.2, -0.15) is 0 Å². The third-order valence-corrected chi connectivity index (χ3v) is 6.13. The molecule has 1 atom stereocenters. The van der Waals surface area contributed by atoms with Crippen LogP contribution in [-0.4, -0.2) is 50.2 Å². The molecule has 5 nitrogen and oxygen atoms in total. The van der Waals surface area contributed by atoms with E-state index in [1.165, 1.54) is 5.56 Å².